The first-order chi connectivity index (χ1) is 4.63. The molecular formula is C7H14NO2. The Labute approximate surface area is 61.5 Å². The summed E-state index contributed by atoms with van der Waals surface area (Å²) in [7, 11) is 0. The van der Waals surface area contributed by atoms with Crippen molar-refractivity contribution in [2.24, 2.45) is 5.92 Å². The van der Waals surface area contributed by atoms with E-state index in [2.05, 4.69) is 18.6 Å². The molecule has 1 radical (unpaired) electrons. The van der Waals surface area contributed by atoms with Crippen LogP contribution < -0.4 is 5.73 Å². The minimum Gasteiger partial charge on any atom is -0.448 e. The van der Waals surface area contributed by atoms with E-state index in [9.17, 15) is 4.79 Å². The van der Waals surface area contributed by atoms with Crippen molar-refractivity contribution in [3.63, 3.8) is 0 Å². The van der Waals surface area contributed by atoms with E-state index in [1.165, 1.54) is 0 Å². The Morgan fingerprint density at radius 1 is 1.60 bits per heavy atom. The van der Waals surface area contributed by atoms with Gasteiger partial charge >= 0.3 is 6.09 Å². The topological polar surface area (TPSA) is 50.1 Å². The van der Waals surface area contributed by atoms with Gasteiger partial charge in [0, 0.05) is 0 Å². The molecule has 1 N–H and O–H groups in total. The van der Waals surface area contributed by atoms with Crippen LogP contribution in [0.4, 0.5) is 4.79 Å². The number of carbonyl (C=O) groups is 1. The normalized spacial score (nSPS) is 9.90. The fourth-order valence-electron chi connectivity index (χ4n) is 0.656. The molecule has 0 aromatic carbocycles. The lowest BCUT2D eigenvalue weighted by Gasteiger charge is -2.02. The molecule has 59 valence electrons. The summed E-state index contributed by atoms with van der Waals surface area (Å²) in [5, 5.41) is 0. The molecule has 0 aromatic rings. The SMILES string of the molecule is CC(C)CCCOC([NH])=O. The maximum Gasteiger partial charge on any atom is 0.426 e. The van der Waals surface area contributed by atoms with Gasteiger partial charge in [-0.3, -0.25) is 0 Å². The molecule has 0 atom stereocenters. The first-order valence-corrected chi connectivity index (χ1v) is 3.51. The number of hydrogen-bond acceptors (Lipinski definition) is 2. The van der Waals surface area contributed by atoms with Crippen molar-refractivity contribution >= 4 is 6.09 Å². The maximum atomic E-state index is 9.93. The Morgan fingerprint density at radius 2 is 2.20 bits per heavy atom. The Bertz CT molecular complexity index is 102. The molecule has 0 rings (SSSR count). The van der Waals surface area contributed by atoms with E-state index in [1.54, 1.807) is 0 Å². The van der Waals surface area contributed by atoms with Crippen molar-refractivity contribution in [1.29, 1.82) is 0 Å². The van der Waals surface area contributed by atoms with Crippen molar-refractivity contribution in [2.45, 2.75) is 26.7 Å². The van der Waals surface area contributed by atoms with Crippen molar-refractivity contribution in [1.82, 2.24) is 5.73 Å². The molecule has 1 amide bonds. The summed E-state index contributed by atoms with van der Waals surface area (Å²) in [5.41, 5.74) is 6.40. The van der Waals surface area contributed by atoms with Crippen molar-refractivity contribution in [3.8, 4) is 0 Å². The quantitative estimate of drug-likeness (QED) is 0.565. The summed E-state index contributed by atoms with van der Waals surface area (Å²) in [4.78, 5) is 9.93. The highest BCUT2D eigenvalue weighted by Gasteiger charge is 1.96. The van der Waals surface area contributed by atoms with Gasteiger partial charge in [0.15, 0.2) is 0 Å². The van der Waals surface area contributed by atoms with Crippen LogP contribution in [0.25, 0.3) is 0 Å². The number of carbonyl (C=O) groups excluding carboxylic acids is 1. The highest BCUT2D eigenvalue weighted by molar-refractivity contribution is 5.63. The molecule has 0 aliphatic rings. The van der Waals surface area contributed by atoms with Crippen LogP contribution in [0.5, 0.6) is 0 Å². The number of nitrogens with one attached hydrogen (secondary N) is 1. The monoisotopic (exact) mass is 144 g/mol. The zero-order valence-electron chi connectivity index (χ0n) is 6.52. The summed E-state index contributed by atoms with van der Waals surface area (Å²) in [6.07, 6.45) is 0.985. The standard InChI is InChI=1S/C7H14NO2/c1-6(2)4-3-5-10-7(8)9/h6,8H,3-5H2,1-2H3. The molecule has 0 saturated heterocycles. The lowest BCUT2D eigenvalue weighted by Crippen LogP contribution is -2.04. The van der Waals surface area contributed by atoms with Crippen LogP contribution >= 0.6 is 0 Å². The smallest absolute Gasteiger partial charge is 0.426 e. The van der Waals surface area contributed by atoms with E-state index in [0.717, 1.165) is 12.8 Å². The molecule has 0 saturated carbocycles. The van der Waals surface area contributed by atoms with Gasteiger partial charge in [0.05, 0.1) is 6.61 Å². The predicted octanol–water partition coefficient (Wildman–Crippen LogP) is 1.84. The van der Waals surface area contributed by atoms with Gasteiger partial charge in [0.2, 0.25) is 0 Å². The van der Waals surface area contributed by atoms with E-state index >= 15 is 0 Å². The van der Waals surface area contributed by atoms with E-state index in [-0.39, 0.29) is 0 Å². The summed E-state index contributed by atoms with van der Waals surface area (Å²) in [6, 6.07) is 0. The molecule has 0 aliphatic carbocycles. The van der Waals surface area contributed by atoms with Crippen LogP contribution in [-0.2, 0) is 4.74 Å². The minimum absolute atomic E-state index is 0.389. The molecule has 0 bridgehead atoms. The second-order valence-electron chi connectivity index (χ2n) is 2.67. The summed E-state index contributed by atoms with van der Waals surface area (Å²) < 4.78 is 4.42. The molecule has 0 unspecified atom stereocenters. The Balaban J connectivity index is 2.98. The van der Waals surface area contributed by atoms with Gasteiger partial charge in [-0.05, 0) is 18.8 Å². The van der Waals surface area contributed by atoms with E-state index in [1.807, 2.05) is 0 Å². The second kappa shape index (κ2) is 5.09. The summed E-state index contributed by atoms with van der Waals surface area (Å²) in [5.74, 6) is 0.643. The van der Waals surface area contributed by atoms with Crippen LogP contribution in [0.15, 0.2) is 0 Å². The van der Waals surface area contributed by atoms with Crippen LogP contribution in [0, 0.1) is 5.92 Å². The summed E-state index contributed by atoms with van der Waals surface area (Å²) in [6.45, 7) is 4.62. The number of ether oxygens (including phenoxy) is 1. The zero-order chi connectivity index (χ0) is 7.98. The van der Waals surface area contributed by atoms with Gasteiger partial charge in [-0.1, -0.05) is 13.8 Å². The first kappa shape index (κ1) is 9.27. The fraction of sp³-hybridized carbons (Fsp3) is 0.857. The lowest BCUT2D eigenvalue weighted by molar-refractivity contribution is 0.151. The zero-order valence-corrected chi connectivity index (χ0v) is 6.52. The lowest BCUT2D eigenvalue weighted by atomic mass is 10.1. The number of rotatable bonds is 4. The van der Waals surface area contributed by atoms with Crippen LogP contribution in [-0.4, -0.2) is 12.7 Å². The molecular weight excluding hydrogens is 130 g/mol. The number of hydrogen-bond donors (Lipinski definition) is 0. The van der Waals surface area contributed by atoms with E-state index < -0.39 is 6.09 Å². The molecule has 0 fully saturated rings. The molecule has 3 nitrogen and oxygen atoms in total. The molecule has 0 aromatic heterocycles. The van der Waals surface area contributed by atoms with Crippen LogP contribution in [0.1, 0.15) is 26.7 Å². The molecule has 3 heteroatoms. The molecule has 0 spiro atoms. The third kappa shape index (κ3) is 7.27. The largest absolute Gasteiger partial charge is 0.448 e. The minimum atomic E-state index is -0.927. The van der Waals surface area contributed by atoms with Gasteiger partial charge in [0.1, 0.15) is 0 Å². The molecule has 0 aliphatic heterocycles. The van der Waals surface area contributed by atoms with Crippen LogP contribution in [0.2, 0.25) is 0 Å². The third-order valence-corrected chi connectivity index (χ3v) is 1.16. The van der Waals surface area contributed by atoms with Crippen molar-refractivity contribution < 1.29 is 9.53 Å². The Kier molecular flexibility index (Phi) is 4.72. The van der Waals surface area contributed by atoms with Crippen molar-refractivity contribution in [2.75, 3.05) is 6.61 Å². The highest BCUT2D eigenvalue weighted by atomic mass is 16.5. The fourth-order valence-corrected chi connectivity index (χ4v) is 0.656. The van der Waals surface area contributed by atoms with Crippen LogP contribution in [0.3, 0.4) is 0 Å². The molecule has 10 heavy (non-hydrogen) atoms. The van der Waals surface area contributed by atoms with Gasteiger partial charge in [-0.25, -0.2) is 10.5 Å². The Morgan fingerprint density at radius 3 is 2.60 bits per heavy atom. The van der Waals surface area contributed by atoms with Gasteiger partial charge < -0.3 is 4.74 Å². The maximum absolute atomic E-state index is 9.93. The predicted molar refractivity (Wildman–Crippen MR) is 38.5 cm³/mol. The van der Waals surface area contributed by atoms with E-state index in [4.69, 9.17) is 5.73 Å². The highest BCUT2D eigenvalue weighted by Crippen LogP contribution is 2.02. The average Bonchev–Trinajstić information content (AvgIpc) is 1.79. The van der Waals surface area contributed by atoms with Gasteiger partial charge in [0.25, 0.3) is 0 Å². The van der Waals surface area contributed by atoms with Gasteiger partial charge in [-0.15, -0.1) is 0 Å². The van der Waals surface area contributed by atoms with Crippen molar-refractivity contribution in [3.05, 3.63) is 0 Å². The Hall–Kier alpha value is -0.730. The van der Waals surface area contributed by atoms with Gasteiger partial charge in [-0.2, -0.15) is 0 Å². The number of amides is 1. The third-order valence-electron chi connectivity index (χ3n) is 1.16. The average molecular weight is 144 g/mol. The second-order valence-corrected chi connectivity index (χ2v) is 2.67. The first-order valence-electron chi connectivity index (χ1n) is 3.51. The van der Waals surface area contributed by atoms with E-state index in [0.29, 0.717) is 12.5 Å². The summed E-state index contributed by atoms with van der Waals surface area (Å²) >= 11 is 0. The molecule has 0 heterocycles.